The Morgan fingerprint density at radius 1 is 1.31 bits per heavy atom. The van der Waals surface area contributed by atoms with Gasteiger partial charge in [0, 0.05) is 38.2 Å². The van der Waals surface area contributed by atoms with Gasteiger partial charge < -0.3 is 15.4 Å². The third-order valence-corrected chi connectivity index (χ3v) is 3.96. The fourth-order valence-electron chi connectivity index (χ4n) is 1.28. The van der Waals surface area contributed by atoms with Crippen LogP contribution in [0.1, 0.15) is 10.4 Å². The molecule has 0 saturated carbocycles. The van der Waals surface area contributed by atoms with E-state index in [1.54, 1.807) is 18.4 Å². The number of thiophene rings is 1. The van der Waals surface area contributed by atoms with E-state index in [0.29, 0.717) is 0 Å². The minimum atomic E-state index is 0.760. The SMILES string of the molecule is COCCNCCNCc1scc(C)c1Cl. The van der Waals surface area contributed by atoms with Crippen molar-refractivity contribution in [3.05, 3.63) is 20.8 Å². The highest BCUT2D eigenvalue weighted by Crippen LogP contribution is 2.26. The Kier molecular flexibility index (Phi) is 7.00. The summed E-state index contributed by atoms with van der Waals surface area (Å²) in [6.07, 6.45) is 0. The molecule has 0 spiro atoms. The summed E-state index contributed by atoms with van der Waals surface area (Å²) in [7, 11) is 1.71. The van der Waals surface area contributed by atoms with Crippen molar-refractivity contribution in [1.82, 2.24) is 10.6 Å². The molecule has 0 aliphatic heterocycles. The van der Waals surface area contributed by atoms with Gasteiger partial charge in [0.05, 0.1) is 11.6 Å². The molecule has 16 heavy (non-hydrogen) atoms. The van der Waals surface area contributed by atoms with Gasteiger partial charge >= 0.3 is 0 Å². The van der Waals surface area contributed by atoms with Gasteiger partial charge in [0.2, 0.25) is 0 Å². The Bertz CT molecular complexity index is 304. The van der Waals surface area contributed by atoms with Crippen LogP contribution in [-0.2, 0) is 11.3 Å². The highest BCUT2D eigenvalue weighted by atomic mass is 35.5. The van der Waals surface area contributed by atoms with Crippen LogP contribution in [0.5, 0.6) is 0 Å². The second kappa shape index (κ2) is 8.03. The van der Waals surface area contributed by atoms with Crippen LogP contribution in [0.25, 0.3) is 0 Å². The molecule has 92 valence electrons. The van der Waals surface area contributed by atoms with Crippen LogP contribution < -0.4 is 10.6 Å². The lowest BCUT2D eigenvalue weighted by Gasteiger charge is -2.05. The van der Waals surface area contributed by atoms with Gasteiger partial charge in [-0.3, -0.25) is 0 Å². The number of hydrogen-bond acceptors (Lipinski definition) is 4. The Morgan fingerprint density at radius 2 is 2.06 bits per heavy atom. The Hall–Kier alpha value is -0.130. The summed E-state index contributed by atoms with van der Waals surface area (Å²) >= 11 is 7.84. The summed E-state index contributed by atoms with van der Waals surface area (Å²) < 4.78 is 4.94. The van der Waals surface area contributed by atoms with Crippen molar-refractivity contribution >= 4 is 22.9 Å². The average Bonchev–Trinajstić information content (AvgIpc) is 2.59. The fourth-order valence-corrected chi connectivity index (χ4v) is 2.49. The summed E-state index contributed by atoms with van der Waals surface area (Å²) in [5, 5.41) is 9.63. The second-order valence-electron chi connectivity index (χ2n) is 3.58. The van der Waals surface area contributed by atoms with E-state index in [-0.39, 0.29) is 0 Å². The third-order valence-electron chi connectivity index (χ3n) is 2.22. The van der Waals surface area contributed by atoms with E-state index in [4.69, 9.17) is 16.3 Å². The molecular formula is C11H19ClN2OS. The van der Waals surface area contributed by atoms with Crippen LogP contribution in [0.4, 0.5) is 0 Å². The maximum atomic E-state index is 6.13. The molecule has 1 heterocycles. The number of hydrogen-bond donors (Lipinski definition) is 2. The summed E-state index contributed by atoms with van der Waals surface area (Å²) in [4.78, 5) is 1.22. The second-order valence-corrected chi connectivity index (χ2v) is 4.92. The number of methoxy groups -OCH3 is 1. The molecule has 0 fully saturated rings. The summed E-state index contributed by atoms with van der Waals surface area (Å²) in [6, 6.07) is 0. The van der Waals surface area contributed by atoms with E-state index in [0.717, 1.165) is 37.8 Å². The first-order valence-electron chi connectivity index (χ1n) is 5.38. The number of ether oxygens (including phenoxy) is 1. The first-order chi connectivity index (χ1) is 7.75. The maximum Gasteiger partial charge on any atom is 0.0587 e. The number of halogens is 1. The zero-order valence-corrected chi connectivity index (χ0v) is 11.4. The van der Waals surface area contributed by atoms with Crippen LogP contribution in [0.3, 0.4) is 0 Å². The van der Waals surface area contributed by atoms with E-state index in [9.17, 15) is 0 Å². The molecule has 0 atom stereocenters. The van der Waals surface area contributed by atoms with Crippen molar-refractivity contribution in [1.29, 1.82) is 0 Å². The molecule has 2 N–H and O–H groups in total. The molecule has 3 nitrogen and oxygen atoms in total. The monoisotopic (exact) mass is 262 g/mol. The zero-order valence-electron chi connectivity index (χ0n) is 9.81. The smallest absolute Gasteiger partial charge is 0.0587 e. The highest BCUT2D eigenvalue weighted by Gasteiger charge is 2.04. The molecule has 1 aromatic rings. The minimum absolute atomic E-state index is 0.760. The quantitative estimate of drug-likeness (QED) is 0.704. The number of aryl methyl sites for hydroxylation is 1. The lowest BCUT2D eigenvalue weighted by Crippen LogP contribution is -2.29. The molecule has 0 saturated heterocycles. The number of rotatable bonds is 8. The molecule has 0 bridgehead atoms. The van der Waals surface area contributed by atoms with Crippen molar-refractivity contribution < 1.29 is 4.74 Å². The van der Waals surface area contributed by atoms with Gasteiger partial charge in [-0.15, -0.1) is 11.3 Å². The topological polar surface area (TPSA) is 33.3 Å². The van der Waals surface area contributed by atoms with Crippen molar-refractivity contribution in [3.63, 3.8) is 0 Å². The average molecular weight is 263 g/mol. The van der Waals surface area contributed by atoms with Crippen LogP contribution in [0, 0.1) is 6.92 Å². The molecule has 0 aliphatic carbocycles. The lowest BCUT2D eigenvalue weighted by molar-refractivity contribution is 0.199. The van der Waals surface area contributed by atoms with Gasteiger partial charge in [0.15, 0.2) is 0 Å². The van der Waals surface area contributed by atoms with Gasteiger partial charge in [0.25, 0.3) is 0 Å². The van der Waals surface area contributed by atoms with Gasteiger partial charge in [-0.25, -0.2) is 0 Å². The van der Waals surface area contributed by atoms with Crippen LogP contribution in [-0.4, -0.2) is 33.4 Å². The summed E-state index contributed by atoms with van der Waals surface area (Å²) in [5.74, 6) is 0. The van der Waals surface area contributed by atoms with Crippen LogP contribution in [0.15, 0.2) is 5.38 Å². The van der Waals surface area contributed by atoms with E-state index in [2.05, 4.69) is 16.0 Å². The Morgan fingerprint density at radius 3 is 2.69 bits per heavy atom. The first kappa shape index (κ1) is 13.9. The molecular weight excluding hydrogens is 244 g/mol. The third kappa shape index (κ3) is 4.80. The van der Waals surface area contributed by atoms with E-state index in [1.807, 2.05) is 6.92 Å². The Balaban J connectivity index is 2.05. The van der Waals surface area contributed by atoms with Crippen molar-refractivity contribution in [2.45, 2.75) is 13.5 Å². The lowest BCUT2D eigenvalue weighted by atomic mass is 10.3. The number of nitrogens with one attached hydrogen (secondary N) is 2. The Labute approximate surface area is 106 Å². The van der Waals surface area contributed by atoms with Gasteiger partial charge in [0.1, 0.15) is 0 Å². The maximum absolute atomic E-state index is 6.13. The van der Waals surface area contributed by atoms with Gasteiger partial charge in [-0.05, 0) is 17.9 Å². The van der Waals surface area contributed by atoms with Gasteiger partial charge in [-0.2, -0.15) is 0 Å². The zero-order chi connectivity index (χ0) is 11.8. The molecule has 1 aromatic heterocycles. The normalized spacial score (nSPS) is 10.9. The summed E-state index contributed by atoms with van der Waals surface area (Å²) in [6.45, 7) is 6.44. The predicted molar refractivity (Wildman–Crippen MR) is 70.5 cm³/mol. The van der Waals surface area contributed by atoms with Crippen LogP contribution in [0.2, 0.25) is 5.02 Å². The van der Waals surface area contributed by atoms with E-state index < -0.39 is 0 Å². The van der Waals surface area contributed by atoms with Crippen molar-refractivity contribution in [2.24, 2.45) is 0 Å². The minimum Gasteiger partial charge on any atom is -0.383 e. The molecule has 0 radical (unpaired) electrons. The van der Waals surface area contributed by atoms with Gasteiger partial charge in [-0.1, -0.05) is 11.6 Å². The first-order valence-corrected chi connectivity index (χ1v) is 6.64. The van der Waals surface area contributed by atoms with Crippen molar-refractivity contribution in [3.8, 4) is 0 Å². The fraction of sp³-hybridized carbons (Fsp3) is 0.636. The standard InChI is InChI=1S/C11H19ClN2OS/c1-9-8-16-10(11(9)12)7-14-4-3-13-5-6-15-2/h8,13-14H,3-7H2,1-2H3. The molecule has 0 unspecified atom stereocenters. The predicted octanol–water partition coefficient (Wildman–Crippen LogP) is 2.04. The largest absolute Gasteiger partial charge is 0.383 e. The van der Waals surface area contributed by atoms with E-state index >= 15 is 0 Å². The van der Waals surface area contributed by atoms with Crippen molar-refractivity contribution in [2.75, 3.05) is 33.4 Å². The molecule has 0 aliphatic rings. The highest BCUT2D eigenvalue weighted by molar-refractivity contribution is 7.10. The molecule has 0 amide bonds. The summed E-state index contributed by atoms with van der Waals surface area (Å²) in [5.41, 5.74) is 1.17. The van der Waals surface area contributed by atoms with Crippen LogP contribution >= 0.6 is 22.9 Å². The molecule has 1 rings (SSSR count). The van der Waals surface area contributed by atoms with E-state index in [1.165, 1.54) is 10.4 Å². The molecule has 0 aromatic carbocycles. The molecule has 5 heteroatoms.